The Morgan fingerprint density at radius 3 is 2.71 bits per heavy atom. The number of carboxylic acids is 1. The molecule has 118 valence electrons. The molecule has 1 aromatic rings. The highest BCUT2D eigenvalue weighted by Crippen LogP contribution is 2.31. The molecule has 1 aliphatic carbocycles. The van der Waals surface area contributed by atoms with Gasteiger partial charge in [0.1, 0.15) is 5.56 Å². The maximum absolute atomic E-state index is 12.1. The van der Waals surface area contributed by atoms with Crippen molar-refractivity contribution in [3.05, 3.63) is 11.8 Å². The summed E-state index contributed by atoms with van der Waals surface area (Å²) >= 11 is 0. The standard InChI is InChI=1S/C12H19N3O5S/c1-8-2-4-12(18,5-3-8)7-14-21(19,20)10-9(11(16)17)6-13-15-10/h6,8,14,18H,2-5,7H2,1H3,(H,13,15)(H,16,17). The maximum Gasteiger partial charge on any atom is 0.340 e. The number of aromatic nitrogens is 2. The summed E-state index contributed by atoms with van der Waals surface area (Å²) in [7, 11) is -4.05. The van der Waals surface area contributed by atoms with Gasteiger partial charge < -0.3 is 10.2 Å². The zero-order chi connectivity index (χ0) is 15.7. The third-order valence-corrected chi connectivity index (χ3v) is 5.27. The lowest BCUT2D eigenvalue weighted by Gasteiger charge is -2.34. The molecule has 1 fully saturated rings. The number of H-pyrrole nitrogens is 1. The second kappa shape index (κ2) is 5.74. The average molecular weight is 317 g/mol. The second-order valence-electron chi connectivity index (χ2n) is 5.65. The number of nitrogens with zero attached hydrogens (tertiary/aromatic N) is 1. The molecule has 4 N–H and O–H groups in total. The molecule has 0 unspecified atom stereocenters. The van der Waals surface area contributed by atoms with Crippen LogP contribution in [0.25, 0.3) is 0 Å². The average Bonchev–Trinajstić information content (AvgIpc) is 2.91. The summed E-state index contributed by atoms with van der Waals surface area (Å²) in [6, 6.07) is 0. The summed E-state index contributed by atoms with van der Waals surface area (Å²) in [5, 5.41) is 24.4. The predicted octanol–water partition coefficient (Wildman–Crippen LogP) is 0.327. The molecular formula is C12H19N3O5S. The zero-order valence-corrected chi connectivity index (χ0v) is 12.5. The van der Waals surface area contributed by atoms with Crippen molar-refractivity contribution in [1.29, 1.82) is 0 Å². The van der Waals surface area contributed by atoms with Crippen molar-refractivity contribution in [2.45, 2.75) is 43.2 Å². The Morgan fingerprint density at radius 2 is 2.14 bits per heavy atom. The normalized spacial score (nSPS) is 26.7. The number of sulfonamides is 1. The number of hydrogen-bond acceptors (Lipinski definition) is 5. The van der Waals surface area contributed by atoms with Gasteiger partial charge in [-0.3, -0.25) is 5.10 Å². The Morgan fingerprint density at radius 1 is 1.52 bits per heavy atom. The van der Waals surface area contributed by atoms with Gasteiger partial charge in [-0.15, -0.1) is 0 Å². The van der Waals surface area contributed by atoms with E-state index in [9.17, 15) is 18.3 Å². The largest absolute Gasteiger partial charge is 0.478 e. The van der Waals surface area contributed by atoms with Gasteiger partial charge in [-0.05, 0) is 31.6 Å². The first-order chi connectivity index (χ1) is 9.73. The van der Waals surface area contributed by atoms with Gasteiger partial charge in [0.2, 0.25) is 0 Å². The fourth-order valence-electron chi connectivity index (χ4n) is 2.41. The van der Waals surface area contributed by atoms with Gasteiger partial charge in [0.05, 0.1) is 11.8 Å². The van der Waals surface area contributed by atoms with Crippen molar-refractivity contribution < 1.29 is 23.4 Å². The number of hydrogen-bond donors (Lipinski definition) is 4. The molecule has 0 aliphatic heterocycles. The molecule has 0 aromatic carbocycles. The van der Waals surface area contributed by atoms with Crippen LogP contribution < -0.4 is 4.72 Å². The van der Waals surface area contributed by atoms with Gasteiger partial charge in [-0.2, -0.15) is 5.10 Å². The van der Waals surface area contributed by atoms with Gasteiger partial charge in [0.15, 0.2) is 5.03 Å². The summed E-state index contributed by atoms with van der Waals surface area (Å²) in [6.45, 7) is 1.95. The number of rotatable bonds is 5. The van der Waals surface area contributed by atoms with E-state index in [4.69, 9.17) is 5.11 Å². The maximum atomic E-state index is 12.1. The number of nitrogens with one attached hydrogen (secondary N) is 2. The summed E-state index contributed by atoms with van der Waals surface area (Å²) in [5.41, 5.74) is -1.50. The predicted molar refractivity (Wildman–Crippen MR) is 73.3 cm³/mol. The van der Waals surface area contributed by atoms with Crippen molar-refractivity contribution in [1.82, 2.24) is 14.9 Å². The van der Waals surface area contributed by atoms with Crippen LogP contribution >= 0.6 is 0 Å². The van der Waals surface area contributed by atoms with E-state index in [1.54, 1.807) is 0 Å². The van der Waals surface area contributed by atoms with E-state index in [2.05, 4.69) is 21.8 Å². The van der Waals surface area contributed by atoms with Crippen LogP contribution in [-0.4, -0.2) is 46.9 Å². The molecule has 0 bridgehead atoms. The smallest absolute Gasteiger partial charge is 0.340 e. The first-order valence-corrected chi connectivity index (χ1v) is 8.20. The van der Waals surface area contributed by atoms with Gasteiger partial charge in [0, 0.05) is 6.54 Å². The van der Waals surface area contributed by atoms with Crippen molar-refractivity contribution >= 4 is 16.0 Å². The Balaban J connectivity index is 2.08. The lowest BCUT2D eigenvalue weighted by Crippen LogP contribution is -2.45. The number of aromatic amines is 1. The quantitative estimate of drug-likeness (QED) is 0.618. The first-order valence-electron chi connectivity index (χ1n) is 6.72. The van der Waals surface area contributed by atoms with Crippen LogP contribution in [0.3, 0.4) is 0 Å². The summed E-state index contributed by atoms with van der Waals surface area (Å²) in [5.74, 6) is -0.859. The topological polar surface area (TPSA) is 132 Å². The van der Waals surface area contributed by atoms with Gasteiger partial charge in [-0.25, -0.2) is 17.9 Å². The minimum absolute atomic E-state index is 0.139. The van der Waals surface area contributed by atoms with E-state index in [1.807, 2.05) is 0 Å². The fourth-order valence-corrected chi connectivity index (χ4v) is 3.61. The Kier molecular flexibility index (Phi) is 4.35. The highest BCUT2D eigenvalue weighted by atomic mass is 32.2. The van der Waals surface area contributed by atoms with E-state index in [0.717, 1.165) is 19.0 Å². The molecule has 0 atom stereocenters. The molecule has 0 amide bonds. The third-order valence-electron chi connectivity index (χ3n) is 3.90. The van der Waals surface area contributed by atoms with Crippen LogP contribution in [-0.2, 0) is 10.0 Å². The molecule has 1 heterocycles. The Labute approximate surface area is 122 Å². The second-order valence-corrected chi connectivity index (χ2v) is 7.35. The SMILES string of the molecule is CC1CCC(O)(CNS(=O)(=O)c2[nH]ncc2C(=O)O)CC1. The lowest BCUT2D eigenvalue weighted by atomic mass is 9.80. The van der Waals surface area contributed by atoms with Gasteiger partial charge >= 0.3 is 5.97 Å². The summed E-state index contributed by atoms with van der Waals surface area (Å²) < 4.78 is 26.5. The fraction of sp³-hybridized carbons (Fsp3) is 0.667. The van der Waals surface area contributed by atoms with Crippen LogP contribution in [0.2, 0.25) is 0 Å². The zero-order valence-electron chi connectivity index (χ0n) is 11.7. The van der Waals surface area contributed by atoms with Gasteiger partial charge in [0.25, 0.3) is 10.0 Å². The first kappa shape index (κ1) is 15.9. The van der Waals surface area contributed by atoms with Crippen molar-refractivity contribution in [3.63, 3.8) is 0 Å². The van der Waals surface area contributed by atoms with Crippen molar-refractivity contribution in [2.75, 3.05) is 6.54 Å². The van der Waals surface area contributed by atoms with Crippen molar-refractivity contribution in [3.8, 4) is 0 Å². The van der Waals surface area contributed by atoms with Crippen molar-refractivity contribution in [2.24, 2.45) is 5.92 Å². The molecule has 1 aromatic heterocycles. The Hall–Kier alpha value is -1.45. The minimum atomic E-state index is -4.05. The van der Waals surface area contributed by atoms with Gasteiger partial charge in [-0.1, -0.05) is 6.92 Å². The molecule has 0 spiro atoms. The highest BCUT2D eigenvalue weighted by molar-refractivity contribution is 7.89. The molecule has 2 rings (SSSR count). The lowest BCUT2D eigenvalue weighted by molar-refractivity contribution is -0.00183. The third kappa shape index (κ3) is 3.60. The van der Waals surface area contributed by atoms with E-state index in [0.29, 0.717) is 18.8 Å². The summed E-state index contributed by atoms with van der Waals surface area (Å²) in [6.07, 6.45) is 3.65. The highest BCUT2D eigenvalue weighted by Gasteiger charge is 2.34. The molecule has 9 heteroatoms. The van der Waals surface area contributed by atoms with E-state index in [-0.39, 0.29) is 6.54 Å². The summed E-state index contributed by atoms with van der Waals surface area (Å²) in [4.78, 5) is 10.9. The van der Waals surface area contributed by atoms with Crippen LogP contribution in [0.1, 0.15) is 43.0 Å². The molecule has 1 saturated carbocycles. The number of aliphatic hydroxyl groups is 1. The van der Waals surface area contributed by atoms with E-state index in [1.165, 1.54) is 0 Å². The van der Waals surface area contributed by atoms with Crippen LogP contribution in [0.5, 0.6) is 0 Å². The molecule has 0 saturated heterocycles. The molecule has 0 radical (unpaired) electrons. The monoisotopic (exact) mass is 317 g/mol. The molecule has 8 nitrogen and oxygen atoms in total. The van der Waals surface area contributed by atoms with E-state index >= 15 is 0 Å². The van der Waals surface area contributed by atoms with Crippen LogP contribution in [0.15, 0.2) is 11.2 Å². The Bertz CT molecular complexity index is 617. The molecule has 21 heavy (non-hydrogen) atoms. The molecular weight excluding hydrogens is 298 g/mol. The number of carboxylic acid groups (broad SMARTS) is 1. The number of aromatic carboxylic acids is 1. The van der Waals surface area contributed by atoms with Crippen LogP contribution in [0, 0.1) is 5.92 Å². The van der Waals surface area contributed by atoms with Crippen LogP contribution in [0.4, 0.5) is 0 Å². The number of carbonyl (C=O) groups is 1. The van der Waals surface area contributed by atoms with E-state index < -0.39 is 32.2 Å². The molecule has 1 aliphatic rings. The minimum Gasteiger partial charge on any atom is -0.478 e.